The number of rotatable bonds is 2. The minimum atomic E-state index is -0.237. The van der Waals surface area contributed by atoms with E-state index in [4.69, 9.17) is 0 Å². The van der Waals surface area contributed by atoms with Crippen LogP contribution in [0.15, 0.2) is 18.5 Å². The minimum absolute atomic E-state index is 0.237. The first kappa shape index (κ1) is 11.5. The number of hydrogen-bond donors (Lipinski definition) is 1. The first-order chi connectivity index (χ1) is 8.65. The molecule has 0 spiro atoms. The standard InChI is InChI=1S/C13H18N4O/c1-9(2)11-7-12-13(14-4-6-17(12)15-11)16-5-3-10(18)8-16/h4,6-7,9-10,18H,3,5,8H2,1-2H3/t10-/m1/s1. The molecule has 1 atom stereocenters. The first-order valence-corrected chi connectivity index (χ1v) is 6.42. The van der Waals surface area contributed by atoms with Gasteiger partial charge in [0.1, 0.15) is 5.52 Å². The van der Waals surface area contributed by atoms with Crippen LogP contribution in [0.3, 0.4) is 0 Å². The summed E-state index contributed by atoms with van der Waals surface area (Å²) in [6.07, 6.45) is 4.22. The highest BCUT2D eigenvalue weighted by Gasteiger charge is 2.23. The molecule has 0 amide bonds. The molecule has 0 aliphatic carbocycles. The number of aliphatic hydroxyl groups excluding tert-OH is 1. The van der Waals surface area contributed by atoms with E-state index in [-0.39, 0.29) is 6.10 Å². The van der Waals surface area contributed by atoms with Gasteiger partial charge >= 0.3 is 0 Å². The molecule has 3 heterocycles. The minimum Gasteiger partial charge on any atom is -0.391 e. The van der Waals surface area contributed by atoms with Crippen LogP contribution in [0.25, 0.3) is 5.52 Å². The molecule has 0 saturated carbocycles. The van der Waals surface area contributed by atoms with E-state index in [0.29, 0.717) is 12.5 Å². The average molecular weight is 246 g/mol. The predicted octanol–water partition coefficient (Wildman–Crippen LogP) is 1.42. The number of aromatic nitrogens is 3. The van der Waals surface area contributed by atoms with Crippen LogP contribution in [0.1, 0.15) is 31.9 Å². The number of fused-ring (bicyclic) bond motifs is 1. The predicted molar refractivity (Wildman–Crippen MR) is 69.9 cm³/mol. The third-order valence-corrected chi connectivity index (χ3v) is 3.44. The van der Waals surface area contributed by atoms with Gasteiger partial charge in [0.2, 0.25) is 0 Å². The van der Waals surface area contributed by atoms with Gasteiger partial charge in [0.05, 0.1) is 11.8 Å². The van der Waals surface area contributed by atoms with E-state index in [2.05, 4.69) is 34.9 Å². The van der Waals surface area contributed by atoms with Crippen LogP contribution in [0.4, 0.5) is 5.82 Å². The number of hydrogen-bond acceptors (Lipinski definition) is 4. The summed E-state index contributed by atoms with van der Waals surface area (Å²) >= 11 is 0. The summed E-state index contributed by atoms with van der Waals surface area (Å²) in [5, 5.41) is 14.2. The summed E-state index contributed by atoms with van der Waals surface area (Å²) in [6.45, 7) is 5.79. The lowest BCUT2D eigenvalue weighted by Crippen LogP contribution is -2.22. The molecule has 1 aliphatic heterocycles. The normalized spacial score (nSPS) is 20.2. The molecule has 0 unspecified atom stereocenters. The van der Waals surface area contributed by atoms with Crippen LogP contribution in [-0.4, -0.2) is 38.9 Å². The SMILES string of the molecule is CC(C)c1cc2c(N3CC[C@@H](O)C3)nccn2n1. The van der Waals surface area contributed by atoms with Crippen LogP contribution in [0.2, 0.25) is 0 Å². The van der Waals surface area contributed by atoms with Gasteiger partial charge in [-0.05, 0) is 18.4 Å². The van der Waals surface area contributed by atoms with Crippen LogP contribution >= 0.6 is 0 Å². The molecular weight excluding hydrogens is 228 g/mol. The van der Waals surface area contributed by atoms with Gasteiger partial charge in [-0.3, -0.25) is 0 Å². The van der Waals surface area contributed by atoms with E-state index in [1.54, 1.807) is 6.20 Å². The van der Waals surface area contributed by atoms with Gasteiger partial charge in [-0.1, -0.05) is 13.8 Å². The Morgan fingerprint density at radius 3 is 2.94 bits per heavy atom. The highest BCUT2D eigenvalue weighted by Crippen LogP contribution is 2.25. The molecule has 1 fully saturated rings. The molecule has 2 aromatic heterocycles. The van der Waals surface area contributed by atoms with E-state index in [1.807, 2.05) is 10.7 Å². The second kappa shape index (κ2) is 4.24. The molecule has 0 bridgehead atoms. The Bertz CT molecular complexity index is 563. The molecule has 96 valence electrons. The topological polar surface area (TPSA) is 53.7 Å². The van der Waals surface area contributed by atoms with Crippen LogP contribution in [0.5, 0.6) is 0 Å². The monoisotopic (exact) mass is 246 g/mol. The molecular formula is C13H18N4O. The molecule has 5 nitrogen and oxygen atoms in total. The molecule has 1 aliphatic rings. The average Bonchev–Trinajstić information content (AvgIpc) is 2.94. The van der Waals surface area contributed by atoms with Gasteiger partial charge < -0.3 is 10.0 Å². The van der Waals surface area contributed by atoms with Crippen molar-refractivity contribution >= 4 is 11.3 Å². The van der Waals surface area contributed by atoms with Crippen molar-refractivity contribution in [3.8, 4) is 0 Å². The smallest absolute Gasteiger partial charge is 0.154 e. The Balaban J connectivity index is 2.06. The van der Waals surface area contributed by atoms with Crippen LogP contribution < -0.4 is 4.90 Å². The van der Waals surface area contributed by atoms with Crippen molar-refractivity contribution in [3.05, 3.63) is 24.2 Å². The molecule has 0 aromatic carbocycles. The van der Waals surface area contributed by atoms with Crippen molar-refractivity contribution in [2.75, 3.05) is 18.0 Å². The van der Waals surface area contributed by atoms with Gasteiger partial charge in [-0.2, -0.15) is 5.10 Å². The van der Waals surface area contributed by atoms with Gasteiger partial charge in [0.15, 0.2) is 5.82 Å². The molecule has 3 rings (SSSR count). The van der Waals surface area contributed by atoms with Crippen LogP contribution in [-0.2, 0) is 0 Å². The van der Waals surface area contributed by atoms with Gasteiger partial charge in [0.25, 0.3) is 0 Å². The Morgan fingerprint density at radius 1 is 1.44 bits per heavy atom. The quantitative estimate of drug-likeness (QED) is 0.870. The first-order valence-electron chi connectivity index (χ1n) is 6.42. The molecule has 2 aromatic rings. The Hall–Kier alpha value is -1.62. The number of anilines is 1. The maximum atomic E-state index is 9.63. The van der Waals surface area contributed by atoms with Crippen molar-refractivity contribution in [2.24, 2.45) is 0 Å². The zero-order valence-corrected chi connectivity index (χ0v) is 10.7. The molecule has 18 heavy (non-hydrogen) atoms. The van der Waals surface area contributed by atoms with E-state index in [1.165, 1.54) is 0 Å². The zero-order chi connectivity index (χ0) is 12.7. The largest absolute Gasteiger partial charge is 0.391 e. The number of β-amino-alcohol motifs (C(OH)–C–C–N with tert-alkyl or cyclic N) is 1. The van der Waals surface area contributed by atoms with E-state index < -0.39 is 0 Å². The van der Waals surface area contributed by atoms with Crippen molar-refractivity contribution in [1.82, 2.24) is 14.6 Å². The second-order valence-electron chi connectivity index (χ2n) is 5.19. The lowest BCUT2D eigenvalue weighted by atomic mass is 10.1. The molecule has 1 saturated heterocycles. The molecule has 1 N–H and O–H groups in total. The summed E-state index contributed by atoms with van der Waals surface area (Å²) < 4.78 is 1.88. The Morgan fingerprint density at radius 2 is 2.28 bits per heavy atom. The summed E-state index contributed by atoms with van der Waals surface area (Å²) in [5.41, 5.74) is 2.10. The third kappa shape index (κ3) is 1.84. The van der Waals surface area contributed by atoms with E-state index in [9.17, 15) is 5.11 Å². The molecule has 5 heteroatoms. The summed E-state index contributed by atoms with van der Waals surface area (Å²) in [5.74, 6) is 1.33. The fourth-order valence-electron chi connectivity index (χ4n) is 2.39. The third-order valence-electron chi connectivity index (χ3n) is 3.44. The highest BCUT2D eigenvalue weighted by atomic mass is 16.3. The molecule has 0 radical (unpaired) electrons. The van der Waals surface area contributed by atoms with Crippen molar-refractivity contribution in [3.63, 3.8) is 0 Å². The Labute approximate surface area is 106 Å². The van der Waals surface area contributed by atoms with E-state index in [0.717, 1.165) is 30.0 Å². The summed E-state index contributed by atoms with van der Waals surface area (Å²) in [4.78, 5) is 6.58. The maximum Gasteiger partial charge on any atom is 0.154 e. The van der Waals surface area contributed by atoms with Crippen molar-refractivity contribution in [1.29, 1.82) is 0 Å². The zero-order valence-electron chi connectivity index (χ0n) is 10.7. The second-order valence-corrected chi connectivity index (χ2v) is 5.19. The number of aliphatic hydroxyl groups is 1. The van der Waals surface area contributed by atoms with Gasteiger partial charge in [0, 0.05) is 25.5 Å². The van der Waals surface area contributed by atoms with Crippen molar-refractivity contribution in [2.45, 2.75) is 32.3 Å². The van der Waals surface area contributed by atoms with Gasteiger partial charge in [-0.15, -0.1) is 0 Å². The van der Waals surface area contributed by atoms with Gasteiger partial charge in [-0.25, -0.2) is 9.50 Å². The summed E-state index contributed by atoms with van der Waals surface area (Å²) in [6, 6.07) is 2.09. The fraction of sp³-hybridized carbons (Fsp3) is 0.538. The van der Waals surface area contributed by atoms with Crippen molar-refractivity contribution < 1.29 is 5.11 Å². The highest BCUT2D eigenvalue weighted by molar-refractivity contribution is 5.69. The Kier molecular flexibility index (Phi) is 2.70. The summed E-state index contributed by atoms with van der Waals surface area (Å²) in [7, 11) is 0. The maximum absolute atomic E-state index is 9.63. The lowest BCUT2D eigenvalue weighted by molar-refractivity contribution is 0.198. The number of nitrogens with zero attached hydrogens (tertiary/aromatic N) is 4. The van der Waals surface area contributed by atoms with Crippen LogP contribution in [0, 0.1) is 0 Å². The van der Waals surface area contributed by atoms with E-state index >= 15 is 0 Å². The lowest BCUT2D eigenvalue weighted by Gasteiger charge is -2.16. The fourth-order valence-corrected chi connectivity index (χ4v) is 2.39.